The Labute approximate surface area is 277 Å². The molecule has 210 valence electrons. The zero-order valence-electron chi connectivity index (χ0n) is 36.3. The van der Waals surface area contributed by atoms with E-state index < -0.39 is 54.4 Å². The van der Waals surface area contributed by atoms with Gasteiger partial charge >= 0.3 is 0 Å². The lowest BCUT2D eigenvalue weighted by Crippen LogP contribution is -1.96. The second-order valence-electron chi connectivity index (χ2n) is 10.8. The number of nitrogens with zero attached hydrogens (tertiary/aromatic N) is 2. The van der Waals surface area contributed by atoms with E-state index in [1.165, 1.54) is 4.57 Å². The second kappa shape index (κ2) is 9.22. The summed E-state index contributed by atoms with van der Waals surface area (Å²) in [5, 5.41) is 3.12. The molecule has 10 rings (SSSR count). The summed E-state index contributed by atoms with van der Waals surface area (Å²) < 4.78 is 121. The van der Waals surface area contributed by atoms with Crippen LogP contribution in [0, 0.1) is 0 Å². The van der Waals surface area contributed by atoms with Crippen LogP contribution in [0.15, 0.2) is 162 Å². The van der Waals surface area contributed by atoms with Crippen molar-refractivity contribution in [2.45, 2.75) is 0 Å². The molecule has 0 bridgehead atoms. The molecule has 3 nitrogen and oxygen atoms in total. The highest BCUT2D eigenvalue weighted by molar-refractivity contribution is 6.15. The van der Waals surface area contributed by atoms with Gasteiger partial charge in [0.05, 0.1) is 51.0 Å². The fourth-order valence-electron chi connectivity index (χ4n) is 6.58. The molecule has 0 aliphatic rings. The largest absolute Gasteiger partial charge is 0.456 e. The maximum Gasteiger partial charge on any atom is 0.137 e. The van der Waals surface area contributed by atoms with E-state index in [0.29, 0.717) is 22.4 Å². The summed E-state index contributed by atoms with van der Waals surface area (Å²) in [6.45, 7) is 0. The van der Waals surface area contributed by atoms with Gasteiger partial charge in [-0.3, -0.25) is 0 Å². The van der Waals surface area contributed by atoms with Crippen LogP contribution in [-0.4, -0.2) is 9.13 Å². The van der Waals surface area contributed by atoms with Crippen molar-refractivity contribution in [3.63, 3.8) is 0 Å². The Bertz CT molecular complexity index is 3400. The van der Waals surface area contributed by atoms with Crippen LogP contribution in [0.1, 0.15) is 17.8 Å². The number of rotatable bonds is 3. The number of aromatic nitrogens is 2. The quantitative estimate of drug-likeness (QED) is 0.202. The Balaban J connectivity index is 1.25. The lowest BCUT2D eigenvalue weighted by Gasteiger charge is -2.11. The molecule has 0 radical (unpaired) electrons. The van der Waals surface area contributed by atoms with Crippen molar-refractivity contribution < 1.29 is 22.2 Å². The molecule has 0 amide bonds. The number of furan rings is 1. The van der Waals surface area contributed by atoms with Crippen LogP contribution in [0.2, 0.25) is 0 Å². The highest BCUT2D eigenvalue weighted by Gasteiger charge is 2.19. The van der Waals surface area contributed by atoms with Gasteiger partial charge in [-0.1, -0.05) is 96.8 Å². The average Bonchev–Trinajstić information content (AvgIpc) is 3.90. The highest BCUT2D eigenvalue weighted by atomic mass is 16.3. The number of benzene rings is 7. The van der Waals surface area contributed by atoms with Crippen LogP contribution < -0.4 is 0 Å². The zero-order chi connectivity index (χ0) is 40.8. The molecule has 0 saturated carbocycles. The van der Waals surface area contributed by atoms with Gasteiger partial charge in [0.15, 0.2) is 0 Å². The predicted molar refractivity (Wildman–Crippen MR) is 188 cm³/mol. The maximum atomic E-state index is 8.96. The first kappa shape index (κ1) is 15.1. The van der Waals surface area contributed by atoms with Gasteiger partial charge in [0.1, 0.15) is 11.2 Å². The van der Waals surface area contributed by atoms with Gasteiger partial charge in [-0.05, 0) is 71.7 Å². The maximum absolute atomic E-state index is 8.96. The molecule has 0 atom stereocenters. The lowest BCUT2D eigenvalue weighted by atomic mass is 10.0. The summed E-state index contributed by atoms with van der Waals surface area (Å²) >= 11 is 0. The van der Waals surface area contributed by atoms with Crippen molar-refractivity contribution in [2.75, 3.05) is 0 Å². The number of para-hydroxylation sites is 3. The molecule has 7 aromatic carbocycles. The minimum Gasteiger partial charge on any atom is -0.456 e. The third-order valence-corrected chi connectivity index (χ3v) is 8.45. The predicted octanol–water partition coefficient (Wildman–Crippen LogP) is 11.4. The van der Waals surface area contributed by atoms with E-state index in [-0.39, 0.29) is 51.5 Å². The van der Waals surface area contributed by atoms with E-state index in [1.807, 2.05) is 60.7 Å². The van der Waals surface area contributed by atoms with Crippen molar-refractivity contribution >= 4 is 65.6 Å². The smallest absolute Gasteiger partial charge is 0.137 e. The number of hydrogen-bond donors (Lipinski definition) is 0. The normalized spacial score (nSPS) is 16.0. The summed E-state index contributed by atoms with van der Waals surface area (Å²) in [4.78, 5) is 0. The van der Waals surface area contributed by atoms with E-state index in [4.69, 9.17) is 22.2 Å². The van der Waals surface area contributed by atoms with Crippen LogP contribution >= 0.6 is 0 Å². The fourth-order valence-corrected chi connectivity index (χ4v) is 6.58. The minimum absolute atomic E-state index is 0.00349. The van der Waals surface area contributed by atoms with Crippen molar-refractivity contribution in [2.24, 2.45) is 0 Å². The molecule has 45 heavy (non-hydrogen) atoms. The van der Waals surface area contributed by atoms with Crippen molar-refractivity contribution in [3.8, 4) is 22.5 Å². The summed E-state index contributed by atoms with van der Waals surface area (Å²) in [5.74, 6) is 0. The van der Waals surface area contributed by atoms with Gasteiger partial charge in [-0.15, -0.1) is 0 Å². The number of fused-ring (bicyclic) bond motifs is 9. The molecule has 3 aromatic heterocycles. The van der Waals surface area contributed by atoms with Gasteiger partial charge in [0.2, 0.25) is 0 Å². The first-order chi connectivity index (χ1) is 27.7. The third-order valence-electron chi connectivity index (χ3n) is 8.45. The molecule has 0 spiro atoms. The molecular weight excluding hydrogens is 548 g/mol. The molecule has 3 heterocycles. The van der Waals surface area contributed by atoms with Crippen molar-refractivity contribution in [3.05, 3.63) is 157 Å². The zero-order valence-corrected chi connectivity index (χ0v) is 23.3. The van der Waals surface area contributed by atoms with E-state index >= 15 is 0 Å². The Morgan fingerprint density at radius 3 is 2.00 bits per heavy atom. The molecule has 0 aliphatic carbocycles. The Kier molecular flexibility index (Phi) is 3.09. The van der Waals surface area contributed by atoms with E-state index in [9.17, 15) is 0 Å². The molecule has 0 aliphatic heterocycles. The number of hydrogen-bond acceptors (Lipinski definition) is 1. The summed E-state index contributed by atoms with van der Waals surface area (Å²) in [6.07, 6.45) is 0. The molecule has 0 unspecified atom stereocenters. The first-order valence-corrected chi connectivity index (χ1v) is 14.3. The standard InChI is InChI=1S/C42H26N2O/c1-2-11-27(12-3-1)28-21-23-33-41(25-28)45-40-20-10-19-39(42(33)40)44-37-18-9-6-15-32(37)34-26-29(22-24-38(34)44)43-35-16-7-4-13-30(35)31-14-5-8-17-36(31)43/h1-26H/i1D,2D,3D,4D,5D,7D,8D,11D,12D,13D,14D,16D,17D. The topological polar surface area (TPSA) is 23.0 Å². The Hall–Kier alpha value is -6.06. The molecule has 0 N–H and O–H groups in total. The second-order valence-corrected chi connectivity index (χ2v) is 10.8. The molecule has 0 saturated heterocycles. The summed E-state index contributed by atoms with van der Waals surface area (Å²) in [6, 6.07) is 18.6. The highest BCUT2D eigenvalue weighted by Crippen LogP contribution is 2.41. The van der Waals surface area contributed by atoms with Crippen LogP contribution in [0.4, 0.5) is 0 Å². The van der Waals surface area contributed by atoms with Gasteiger partial charge in [0, 0.05) is 32.6 Å². The van der Waals surface area contributed by atoms with Crippen LogP contribution in [0.25, 0.3) is 88.1 Å². The lowest BCUT2D eigenvalue weighted by molar-refractivity contribution is 0.669. The van der Waals surface area contributed by atoms with Gasteiger partial charge in [0.25, 0.3) is 0 Å². The Morgan fingerprint density at radius 1 is 0.444 bits per heavy atom. The molecule has 3 heteroatoms. The minimum atomic E-state index is -0.506. The fraction of sp³-hybridized carbons (Fsp3) is 0. The van der Waals surface area contributed by atoms with Crippen molar-refractivity contribution in [1.82, 2.24) is 9.13 Å². The molecular formula is C42H26N2O. The van der Waals surface area contributed by atoms with Crippen molar-refractivity contribution in [1.29, 1.82) is 0 Å². The SMILES string of the molecule is [2H]c1c([2H])c([2H])c(-c2ccc3c(c2)oc2cccc(-n4c5ccccc5c5cc(-n6c7c([2H])c([2H])c([2H])c([2H])c7c7c([2H])c([2H])c([2H])c([2H])c76)ccc54)c23)c([2H])c1[2H]. The monoisotopic (exact) mass is 587 g/mol. The van der Waals surface area contributed by atoms with Crippen LogP contribution in [0.5, 0.6) is 0 Å². The summed E-state index contributed by atoms with van der Waals surface area (Å²) in [5.41, 5.74) is 4.36. The van der Waals surface area contributed by atoms with E-state index in [1.54, 1.807) is 18.2 Å². The Morgan fingerprint density at radius 2 is 1.18 bits per heavy atom. The van der Waals surface area contributed by atoms with E-state index in [2.05, 4.69) is 4.57 Å². The van der Waals surface area contributed by atoms with Crippen LogP contribution in [-0.2, 0) is 0 Å². The molecule has 0 fully saturated rings. The third kappa shape index (κ3) is 3.46. The van der Waals surface area contributed by atoms with Crippen LogP contribution in [0.3, 0.4) is 0 Å². The van der Waals surface area contributed by atoms with E-state index in [0.717, 1.165) is 38.3 Å². The average molecular weight is 588 g/mol. The summed E-state index contributed by atoms with van der Waals surface area (Å²) in [7, 11) is 0. The van der Waals surface area contributed by atoms with Gasteiger partial charge in [-0.25, -0.2) is 0 Å². The molecule has 10 aromatic rings. The van der Waals surface area contributed by atoms with Gasteiger partial charge < -0.3 is 13.6 Å². The van der Waals surface area contributed by atoms with Gasteiger partial charge in [-0.2, -0.15) is 0 Å². The first-order valence-electron chi connectivity index (χ1n) is 20.8.